The predicted molar refractivity (Wildman–Crippen MR) is 66.3 cm³/mol. The molecule has 88 valence electrons. The molecule has 2 aromatic rings. The van der Waals surface area contributed by atoms with Gasteiger partial charge in [0, 0.05) is 18.0 Å². The standard InChI is InChI=1S/C13H15N3O/c1-9-5-3-4-6-11(9)13-15-7-8-16(13)10(2)12(14)17/h3-8,10H,1-2H3,(H2,14,17)/t10-/m1/s1. The molecule has 0 spiro atoms. The second kappa shape index (κ2) is 4.41. The van der Waals surface area contributed by atoms with Gasteiger partial charge in [-0.3, -0.25) is 4.79 Å². The smallest absolute Gasteiger partial charge is 0.240 e. The van der Waals surface area contributed by atoms with Gasteiger partial charge >= 0.3 is 0 Å². The van der Waals surface area contributed by atoms with E-state index in [0.29, 0.717) is 0 Å². The van der Waals surface area contributed by atoms with Crippen LogP contribution >= 0.6 is 0 Å². The van der Waals surface area contributed by atoms with Crippen molar-refractivity contribution in [2.24, 2.45) is 5.73 Å². The molecule has 1 amide bonds. The molecule has 1 aromatic carbocycles. The van der Waals surface area contributed by atoms with Gasteiger partial charge in [0.2, 0.25) is 5.91 Å². The lowest BCUT2D eigenvalue weighted by molar-refractivity contribution is -0.120. The number of benzene rings is 1. The third kappa shape index (κ3) is 2.06. The molecule has 4 nitrogen and oxygen atoms in total. The lowest BCUT2D eigenvalue weighted by Crippen LogP contribution is -2.24. The van der Waals surface area contributed by atoms with Crippen LogP contribution in [-0.2, 0) is 4.79 Å². The number of hydrogen-bond acceptors (Lipinski definition) is 2. The summed E-state index contributed by atoms with van der Waals surface area (Å²) in [6, 6.07) is 7.54. The summed E-state index contributed by atoms with van der Waals surface area (Å²) in [6.07, 6.45) is 3.46. The summed E-state index contributed by atoms with van der Waals surface area (Å²) in [5.74, 6) is 0.409. The van der Waals surface area contributed by atoms with Crippen molar-refractivity contribution >= 4 is 5.91 Å². The van der Waals surface area contributed by atoms with Crippen LogP contribution in [0.1, 0.15) is 18.5 Å². The molecule has 0 unspecified atom stereocenters. The van der Waals surface area contributed by atoms with Crippen LogP contribution in [-0.4, -0.2) is 15.5 Å². The van der Waals surface area contributed by atoms with Crippen molar-refractivity contribution in [2.45, 2.75) is 19.9 Å². The highest BCUT2D eigenvalue weighted by Gasteiger charge is 2.16. The molecule has 1 aromatic heterocycles. The van der Waals surface area contributed by atoms with E-state index in [1.807, 2.05) is 31.2 Å². The highest BCUT2D eigenvalue weighted by Crippen LogP contribution is 2.23. The Morgan fingerprint density at radius 2 is 2.12 bits per heavy atom. The van der Waals surface area contributed by atoms with E-state index in [4.69, 9.17) is 5.73 Å². The third-order valence-corrected chi connectivity index (χ3v) is 2.88. The molecule has 0 aliphatic carbocycles. The van der Waals surface area contributed by atoms with E-state index in [2.05, 4.69) is 4.98 Å². The topological polar surface area (TPSA) is 60.9 Å². The lowest BCUT2D eigenvalue weighted by atomic mass is 10.1. The van der Waals surface area contributed by atoms with Crippen molar-refractivity contribution in [1.82, 2.24) is 9.55 Å². The number of imidazole rings is 1. The second-order valence-corrected chi connectivity index (χ2v) is 4.05. The first-order valence-corrected chi connectivity index (χ1v) is 5.49. The van der Waals surface area contributed by atoms with Gasteiger partial charge in [-0.05, 0) is 19.4 Å². The molecule has 0 fully saturated rings. The first-order chi connectivity index (χ1) is 8.11. The normalized spacial score (nSPS) is 12.4. The minimum atomic E-state index is -0.396. The Hall–Kier alpha value is -2.10. The van der Waals surface area contributed by atoms with Crippen LogP contribution < -0.4 is 5.73 Å². The summed E-state index contributed by atoms with van der Waals surface area (Å²) in [5.41, 5.74) is 7.47. The number of aromatic nitrogens is 2. The van der Waals surface area contributed by atoms with Crippen LogP contribution in [0.25, 0.3) is 11.4 Å². The Bertz CT molecular complexity index is 545. The summed E-state index contributed by atoms with van der Waals surface area (Å²) in [6.45, 7) is 3.79. The first kappa shape index (κ1) is 11.4. The monoisotopic (exact) mass is 229 g/mol. The number of aryl methyl sites for hydroxylation is 1. The average molecular weight is 229 g/mol. The van der Waals surface area contributed by atoms with E-state index < -0.39 is 6.04 Å². The molecule has 0 bridgehead atoms. The molecule has 0 radical (unpaired) electrons. The quantitative estimate of drug-likeness (QED) is 0.873. The molecule has 0 aliphatic rings. The fraction of sp³-hybridized carbons (Fsp3) is 0.231. The number of hydrogen-bond donors (Lipinski definition) is 1. The molecule has 1 heterocycles. The Labute approximate surface area is 100 Å². The third-order valence-electron chi connectivity index (χ3n) is 2.88. The fourth-order valence-electron chi connectivity index (χ4n) is 1.80. The van der Waals surface area contributed by atoms with E-state index in [0.717, 1.165) is 17.0 Å². The van der Waals surface area contributed by atoms with Crippen molar-refractivity contribution in [3.63, 3.8) is 0 Å². The van der Waals surface area contributed by atoms with Gasteiger partial charge in [0.15, 0.2) is 0 Å². The Kier molecular flexibility index (Phi) is 2.95. The lowest BCUT2D eigenvalue weighted by Gasteiger charge is -2.14. The molecule has 0 aliphatic heterocycles. The molecule has 1 atom stereocenters. The maximum Gasteiger partial charge on any atom is 0.240 e. The number of nitrogens with two attached hydrogens (primary N) is 1. The molecule has 0 saturated heterocycles. The van der Waals surface area contributed by atoms with Gasteiger partial charge in [-0.15, -0.1) is 0 Å². The van der Waals surface area contributed by atoms with Gasteiger partial charge in [0.25, 0.3) is 0 Å². The van der Waals surface area contributed by atoms with Gasteiger partial charge < -0.3 is 10.3 Å². The average Bonchev–Trinajstić information content (AvgIpc) is 2.77. The Morgan fingerprint density at radius 3 is 2.76 bits per heavy atom. The van der Waals surface area contributed by atoms with Crippen molar-refractivity contribution in [3.05, 3.63) is 42.2 Å². The maximum absolute atomic E-state index is 11.2. The maximum atomic E-state index is 11.2. The van der Waals surface area contributed by atoms with Gasteiger partial charge in [0.05, 0.1) is 0 Å². The fourth-order valence-corrected chi connectivity index (χ4v) is 1.80. The SMILES string of the molecule is Cc1ccccc1-c1nccn1[C@H](C)C(N)=O. The molecule has 0 saturated carbocycles. The summed E-state index contributed by atoms with van der Waals surface area (Å²) in [7, 11) is 0. The van der Waals surface area contributed by atoms with Crippen LogP contribution in [0.2, 0.25) is 0 Å². The molecule has 2 N–H and O–H groups in total. The van der Waals surface area contributed by atoms with Crippen LogP contribution in [0.4, 0.5) is 0 Å². The Morgan fingerprint density at radius 1 is 1.41 bits per heavy atom. The highest BCUT2D eigenvalue weighted by molar-refractivity contribution is 5.79. The van der Waals surface area contributed by atoms with E-state index in [9.17, 15) is 4.79 Å². The second-order valence-electron chi connectivity index (χ2n) is 4.05. The van der Waals surface area contributed by atoms with Crippen molar-refractivity contribution in [2.75, 3.05) is 0 Å². The summed E-state index contributed by atoms with van der Waals surface area (Å²) < 4.78 is 1.80. The zero-order chi connectivity index (χ0) is 12.4. The van der Waals surface area contributed by atoms with E-state index >= 15 is 0 Å². The minimum absolute atomic E-state index is 0.363. The minimum Gasteiger partial charge on any atom is -0.368 e. The first-order valence-electron chi connectivity index (χ1n) is 5.49. The van der Waals surface area contributed by atoms with E-state index in [1.54, 1.807) is 23.9 Å². The van der Waals surface area contributed by atoms with Gasteiger partial charge in [-0.25, -0.2) is 4.98 Å². The molecular formula is C13H15N3O. The molecular weight excluding hydrogens is 214 g/mol. The number of amides is 1. The van der Waals surface area contributed by atoms with Crippen LogP contribution in [0.5, 0.6) is 0 Å². The number of carbonyl (C=O) groups is 1. The van der Waals surface area contributed by atoms with Gasteiger partial charge in [-0.2, -0.15) is 0 Å². The molecule has 4 heteroatoms. The zero-order valence-electron chi connectivity index (χ0n) is 9.92. The number of nitrogens with zero attached hydrogens (tertiary/aromatic N) is 2. The summed E-state index contributed by atoms with van der Waals surface area (Å²) >= 11 is 0. The highest BCUT2D eigenvalue weighted by atomic mass is 16.1. The van der Waals surface area contributed by atoms with Gasteiger partial charge in [0.1, 0.15) is 11.9 Å². The van der Waals surface area contributed by atoms with Crippen LogP contribution in [0.15, 0.2) is 36.7 Å². The van der Waals surface area contributed by atoms with E-state index in [-0.39, 0.29) is 5.91 Å². The largest absolute Gasteiger partial charge is 0.368 e. The van der Waals surface area contributed by atoms with Crippen molar-refractivity contribution < 1.29 is 4.79 Å². The predicted octanol–water partition coefficient (Wildman–Crippen LogP) is 1.90. The van der Waals surface area contributed by atoms with Crippen LogP contribution in [0.3, 0.4) is 0 Å². The summed E-state index contributed by atoms with van der Waals surface area (Å²) in [5, 5.41) is 0. The number of primary amides is 1. The zero-order valence-corrected chi connectivity index (χ0v) is 9.92. The summed E-state index contributed by atoms with van der Waals surface area (Å²) in [4.78, 5) is 15.5. The van der Waals surface area contributed by atoms with Crippen LogP contribution in [0, 0.1) is 6.92 Å². The molecule has 17 heavy (non-hydrogen) atoms. The van der Waals surface area contributed by atoms with E-state index in [1.165, 1.54) is 0 Å². The number of rotatable bonds is 3. The van der Waals surface area contributed by atoms with Gasteiger partial charge in [-0.1, -0.05) is 24.3 Å². The molecule has 2 rings (SSSR count). The van der Waals surface area contributed by atoms with Crippen molar-refractivity contribution in [3.8, 4) is 11.4 Å². The van der Waals surface area contributed by atoms with Crippen molar-refractivity contribution in [1.29, 1.82) is 0 Å². The Balaban J connectivity index is 2.51. The number of carbonyl (C=O) groups excluding carboxylic acids is 1.